The average molecular weight is 394 g/mol. The number of halogens is 2. The number of nitrogens with one attached hydrogen (secondary N) is 1. The van der Waals surface area contributed by atoms with E-state index >= 15 is 0 Å². The second-order valence-corrected chi connectivity index (χ2v) is 6.38. The Bertz CT molecular complexity index is 819. The third-order valence-electron chi connectivity index (χ3n) is 3.52. The molecule has 0 spiro atoms. The minimum absolute atomic E-state index is 0.0968. The summed E-state index contributed by atoms with van der Waals surface area (Å²) in [6, 6.07) is 11.8. The molecule has 2 aromatic rings. The molecule has 0 fully saturated rings. The fourth-order valence-electron chi connectivity index (χ4n) is 2.07. The molecule has 136 valence electrons. The molecule has 2 rings (SSSR count). The first-order valence-corrected chi connectivity index (χ1v) is 8.62. The van der Waals surface area contributed by atoms with Gasteiger partial charge in [0, 0.05) is 12.0 Å². The van der Waals surface area contributed by atoms with E-state index in [-0.39, 0.29) is 30.3 Å². The Morgan fingerprint density at radius 3 is 2.38 bits per heavy atom. The van der Waals surface area contributed by atoms with Gasteiger partial charge in [-0.3, -0.25) is 14.4 Å². The number of esters is 1. The lowest BCUT2D eigenvalue weighted by atomic mass is 10.1. The average Bonchev–Trinajstić information content (AvgIpc) is 2.62. The summed E-state index contributed by atoms with van der Waals surface area (Å²) in [5, 5.41) is 3.12. The fourth-order valence-corrected chi connectivity index (χ4v) is 2.42. The second kappa shape index (κ2) is 9.36. The van der Waals surface area contributed by atoms with Gasteiger partial charge in [0.25, 0.3) is 0 Å². The number of benzene rings is 2. The Balaban J connectivity index is 1.76. The highest BCUT2D eigenvalue weighted by atomic mass is 35.5. The molecule has 0 atom stereocenters. The van der Waals surface area contributed by atoms with Crippen LogP contribution in [0.1, 0.15) is 28.8 Å². The van der Waals surface area contributed by atoms with Crippen LogP contribution in [-0.4, -0.2) is 24.3 Å². The van der Waals surface area contributed by atoms with Gasteiger partial charge in [-0.25, -0.2) is 0 Å². The molecule has 1 amide bonds. The van der Waals surface area contributed by atoms with Gasteiger partial charge in [0.05, 0.1) is 22.2 Å². The molecule has 0 radical (unpaired) electrons. The number of ether oxygens (including phenoxy) is 1. The van der Waals surface area contributed by atoms with Crippen LogP contribution in [0.2, 0.25) is 10.0 Å². The van der Waals surface area contributed by atoms with Crippen LogP contribution in [0.3, 0.4) is 0 Å². The first-order valence-electron chi connectivity index (χ1n) is 7.86. The van der Waals surface area contributed by atoms with E-state index in [1.807, 2.05) is 6.92 Å². The van der Waals surface area contributed by atoms with Crippen molar-refractivity contribution < 1.29 is 19.1 Å². The number of rotatable bonds is 7. The first kappa shape index (κ1) is 19.9. The molecule has 1 N–H and O–H groups in total. The summed E-state index contributed by atoms with van der Waals surface area (Å²) in [6.45, 7) is 1.56. The Morgan fingerprint density at radius 2 is 1.69 bits per heavy atom. The summed E-state index contributed by atoms with van der Waals surface area (Å²) in [6.07, 6.45) is -0.244. The highest BCUT2D eigenvalue weighted by molar-refractivity contribution is 6.43. The molecule has 0 aliphatic heterocycles. The van der Waals surface area contributed by atoms with Crippen molar-refractivity contribution in [3.8, 4) is 0 Å². The number of hydrogen-bond donors (Lipinski definition) is 1. The number of ketones is 1. The molecule has 0 saturated heterocycles. The van der Waals surface area contributed by atoms with Crippen LogP contribution in [-0.2, 0) is 14.3 Å². The van der Waals surface area contributed by atoms with Crippen molar-refractivity contribution in [3.63, 3.8) is 0 Å². The summed E-state index contributed by atoms with van der Waals surface area (Å²) in [5.41, 5.74) is 1.87. The van der Waals surface area contributed by atoms with E-state index in [1.165, 1.54) is 0 Å². The van der Waals surface area contributed by atoms with Crippen molar-refractivity contribution in [2.75, 3.05) is 11.9 Å². The molecule has 0 aromatic heterocycles. The molecule has 0 unspecified atom stereocenters. The maximum absolute atomic E-state index is 11.9. The maximum Gasteiger partial charge on any atom is 0.306 e. The summed E-state index contributed by atoms with van der Waals surface area (Å²) in [7, 11) is 0. The van der Waals surface area contributed by atoms with Crippen molar-refractivity contribution in [2.24, 2.45) is 0 Å². The molecule has 5 nitrogen and oxygen atoms in total. The van der Waals surface area contributed by atoms with Crippen LogP contribution >= 0.6 is 23.2 Å². The van der Waals surface area contributed by atoms with Gasteiger partial charge in [-0.15, -0.1) is 0 Å². The minimum atomic E-state index is -0.627. The van der Waals surface area contributed by atoms with Crippen molar-refractivity contribution in [1.29, 1.82) is 0 Å². The standard InChI is InChI=1S/C19H17Cl2NO4/c1-12-5-7-13(8-6-12)16(23)11-26-18(25)10-9-17(24)22-15-4-2-3-14(20)19(15)21/h2-8H,9-11H2,1H3,(H,22,24). The zero-order chi connectivity index (χ0) is 19.1. The van der Waals surface area contributed by atoms with E-state index in [4.69, 9.17) is 27.9 Å². The summed E-state index contributed by atoms with van der Waals surface area (Å²) in [4.78, 5) is 35.5. The summed E-state index contributed by atoms with van der Waals surface area (Å²) in [5.74, 6) is -1.33. The Hall–Kier alpha value is -2.37. The molecule has 0 bridgehead atoms. The number of carbonyl (C=O) groups is 3. The quantitative estimate of drug-likeness (QED) is 0.557. The molecule has 0 aliphatic rings. The van der Waals surface area contributed by atoms with Crippen LogP contribution in [0.4, 0.5) is 5.69 Å². The fraction of sp³-hybridized carbons (Fsp3) is 0.211. The zero-order valence-corrected chi connectivity index (χ0v) is 15.6. The topological polar surface area (TPSA) is 72.5 Å². The molecule has 0 saturated carbocycles. The molecule has 7 heteroatoms. The Labute approximate surface area is 161 Å². The molecular formula is C19H17Cl2NO4. The molecule has 0 aliphatic carbocycles. The predicted octanol–water partition coefficient (Wildman–Crippen LogP) is 4.45. The van der Waals surface area contributed by atoms with Crippen LogP contribution in [0, 0.1) is 6.92 Å². The lowest BCUT2D eigenvalue weighted by molar-refractivity contribution is -0.143. The van der Waals surface area contributed by atoms with E-state index in [1.54, 1.807) is 42.5 Å². The smallest absolute Gasteiger partial charge is 0.306 e. The van der Waals surface area contributed by atoms with Crippen molar-refractivity contribution >= 4 is 46.5 Å². The van der Waals surface area contributed by atoms with Gasteiger partial charge < -0.3 is 10.1 Å². The van der Waals surface area contributed by atoms with Crippen LogP contribution in [0.25, 0.3) is 0 Å². The maximum atomic E-state index is 11.9. The number of carbonyl (C=O) groups excluding carboxylic acids is 3. The van der Waals surface area contributed by atoms with Crippen LogP contribution in [0.5, 0.6) is 0 Å². The zero-order valence-electron chi connectivity index (χ0n) is 14.1. The van der Waals surface area contributed by atoms with Gasteiger partial charge in [-0.2, -0.15) is 0 Å². The van der Waals surface area contributed by atoms with Crippen molar-refractivity contribution in [1.82, 2.24) is 0 Å². The summed E-state index contributed by atoms with van der Waals surface area (Å²) < 4.78 is 4.92. The predicted molar refractivity (Wildman–Crippen MR) is 101 cm³/mol. The Kier molecular flexibility index (Phi) is 7.18. The monoisotopic (exact) mass is 393 g/mol. The minimum Gasteiger partial charge on any atom is -0.457 e. The number of aryl methyl sites for hydroxylation is 1. The van der Waals surface area contributed by atoms with Gasteiger partial charge in [-0.1, -0.05) is 59.1 Å². The number of Topliss-reactive ketones (excluding diaryl/α,β-unsaturated/α-hetero) is 1. The normalized spacial score (nSPS) is 10.3. The van der Waals surface area contributed by atoms with Gasteiger partial charge in [-0.05, 0) is 19.1 Å². The Morgan fingerprint density at radius 1 is 1.00 bits per heavy atom. The van der Waals surface area contributed by atoms with Gasteiger partial charge in [0.2, 0.25) is 5.91 Å². The number of hydrogen-bond acceptors (Lipinski definition) is 4. The lowest BCUT2D eigenvalue weighted by Crippen LogP contribution is -2.17. The third-order valence-corrected chi connectivity index (χ3v) is 4.34. The van der Waals surface area contributed by atoms with Gasteiger partial charge in [0.15, 0.2) is 12.4 Å². The third kappa shape index (κ3) is 5.86. The van der Waals surface area contributed by atoms with Crippen LogP contribution < -0.4 is 5.32 Å². The van der Waals surface area contributed by atoms with E-state index in [2.05, 4.69) is 5.32 Å². The molecular weight excluding hydrogens is 377 g/mol. The molecule has 26 heavy (non-hydrogen) atoms. The van der Waals surface area contributed by atoms with E-state index in [9.17, 15) is 14.4 Å². The van der Waals surface area contributed by atoms with Crippen molar-refractivity contribution in [3.05, 3.63) is 63.6 Å². The SMILES string of the molecule is Cc1ccc(C(=O)COC(=O)CCC(=O)Nc2cccc(Cl)c2Cl)cc1. The van der Waals surface area contributed by atoms with E-state index in [0.29, 0.717) is 16.3 Å². The second-order valence-electron chi connectivity index (χ2n) is 5.60. The lowest BCUT2D eigenvalue weighted by Gasteiger charge is -2.08. The molecule has 0 heterocycles. The largest absolute Gasteiger partial charge is 0.457 e. The van der Waals surface area contributed by atoms with Crippen LogP contribution in [0.15, 0.2) is 42.5 Å². The van der Waals surface area contributed by atoms with Gasteiger partial charge in [0.1, 0.15) is 0 Å². The number of amides is 1. The van der Waals surface area contributed by atoms with E-state index < -0.39 is 11.9 Å². The number of anilines is 1. The molecule has 2 aromatic carbocycles. The summed E-state index contributed by atoms with van der Waals surface area (Å²) >= 11 is 11.8. The van der Waals surface area contributed by atoms with Gasteiger partial charge >= 0.3 is 5.97 Å². The highest BCUT2D eigenvalue weighted by Gasteiger charge is 2.13. The van der Waals surface area contributed by atoms with Crippen molar-refractivity contribution in [2.45, 2.75) is 19.8 Å². The highest BCUT2D eigenvalue weighted by Crippen LogP contribution is 2.29. The van der Waals surface area contributed by atoms with E-state index in [0.717, 1.165) is 5.56 Å². The first-order chi connectivity index (χ1) is 12.4.